The van der Waals surface area contributed by atoms with Gasteiger partial charge in [0, 0.05) is 31.3 Å². The number of nitro groups is 1. The Morgan fingerprint density at radius 1 is 1.45 bits per heavy atom. The Bertz CT molecular complexity index is 492. The molecule has 0 aliphatic carbocycles. The summed E-state index contributed by atoms with van der Waals surface area (Å²) in [4.78, 5) is 12.9. The molecular weight excluding hydrogens is 256 g/mol. The zero-order valence-electron chi connectivity index (χ0n) is 12.0. The molecule has 110 valence electrons. The van der Waals surface area contributed by atoms with Crippen molar-refractivity contribution < 1.29 is 4.92 Å². The molecule has 20 heavy (non-hydrogen) atoms. The van der Waals surface area contributed by atoms with E-state index in [0.717, 1.165) is 17.8 Å². The van der Waals surface area contributed by atoms with E-state index in [0.29, 0.717) is 18.5 Å². The first-order valence-electron chi connectivity index (χ1n) is 6.99. The second-order valence-electron chi connectivity index (χ2n) is 5.70. The van der Waals surface area contributed by atoms with Crippen LogP contribution < -0.4 is 11.3 Å². The fourth-order valence-electron chi connectivity index (χ4n) is 2.78. The summed E-state index contributed by atoms with van der Waals surface area (Å²) >= 11 is 0. The molecule has 3 N–H and O–H groups in total. The van der Waals surface area contributed by atoms with E-state index >= 15 is 0 Å². The van der Waals surface area contributed by atoms with Crippen LogP contribution in [0.2, 0.25) is 0 Å². The highest BCUT2D eigenvalue weighted by Crippen LogP contribution is 2.27. The van der Waals surface area contributed by atoms with E-state index in [1.54, 1.807) is 12.1 Å². The van der Waals surface area contributed by atoms with Crippen LogP contribution >= 0.6 is 0 Å². The lowest BCUT2D eigenvalue weighted by Gasteiger charge is -2.37. The van der Waals surface area contributed by atoms with Gasteiger partial charge in [0.25, 0.3) is 5.69 Å². The molecule has 1 fully saturated rings. The van der Waals surface area contributed by atoms with Crippen molar-refractivity contribution in [1.29, 1.82) is 0 Å². The van der Waals surface area contributed by atoms with Crippen molar-refractivity contribution in [2.24, 2.45) is 11.8 Å². The van der Waals surface area contributed by atoms with Crippen molar-refractivity contribution in [3.8, 4) is 0 Å². The third-order valence-electron chi connectivity index (χ3n) is 4.08. The Kier molecular flexibility index (Phi) is 4.57. The van der Waals surface area contributed by atoms with Gasteiger partial charge in [0.1, 0.15) is 0 Å². The van der Waals surface area contributed by atoms with Crippen LogP contribution in [0.4, 0.5) is 11.4 Å². The van der Waals surface area contributed by atoms with Crippen LogP contribution in [0, 0.1) is 16.0 Å². The third-order valence-corrected chi connectivity index (χ3v) is 4.08. The molecule has 1 saturated heterocycles. The van der Waals surface area contributed by atoms with Crippen LogP contribution in [0.3, 0.4) is 0 Å². The Morgan fingerprint density at radius 2 is 2.20 bits per heavy atom. The van der Waals surface area contributed by atoms with Gasteiger partial charge in [0.05, 0.1) is 10.6 Å². The van der Waals surface area contributed by atoms with Crippen LogP contribution in [0.5, 0.6) is 0 Å². The van der Waals surface area contributed by atoms with E-state index in [4.69, 9.17) is 5.84 Å². The van der Waals surface area contributed by atoms with E-state index in [9.17, 15) is 10.1 Å². The maximum Gasteiger partial charge on any atom is 0.269 e. The third kappa shape index (κ3) is 3.26. The number of nitrogen functional groups attached to an aromatic ring is 1. The first-order chi connectivity index (χ1) is 9.51. The molecular formula is C14H22N4O2. The quantitative estimate of drug-likeness (QED) is 0.502. The normalized spacial score (nSPS) is 23.6. The predicted octanol–water partition coefficient (Wildman–Crippen LogP) is 2.50. The monoisotopic (exact) mass is 278 g/mol. The summed E-state index contributed by atoms with van der Waals surface area (Å²) < 4.78 is 0. The Morgan fingerprint density at radius 3 is 2.85 bits per heavy atom. The van der Waals surface area contributed by atoms with Crippen molar-refractivity contribution in [1.82, 2.24) is 4.90 Å². The molecule has 0 saturated carbocycles. The number of nitro benzene ring substituents is 1. The average molecular weight is 278 g/mol. The molecule has 6 nitrogen and oxygen atoms in total. The number of hydrogen-bond acceptors (Lipinski definition) is 5. The number of rotatable bonds is 4. The number of anilines is 1. The van der Waals surface area contributed by atoms with Gasteiger partial charge >= 0.3 is 0 Å². The number of nitrogens with two attached hydrogens (primary N) is 1. The van der Waals surface area contributed by atoms with E-state index in [1.807, 2.05) is 0 Å². The minimum absolute atomic E-state index is 0.108. The molecule has 0 radical (unpaired) electrons. The molecule has 1 aromatic carbocycles. The topological polar surface area (TPSA) is 84.4 Å². The van der Waals surface area contributed by atoms with Crippen molar-refractivity contribution in [2.45, 2.75) is 39.3 Å². The summed E-state index contributed by atoms with van der Waals surface area (Å²) in [6.45, 7) is 6.16. The molecule has 0 aromatic heterocycles. The standard InChI is InChI=1S/C14H22N4O2/c1-10-3-4-11(2)17(8-10)9-12-7-13(18(19)20)5-6-14(12)16-15/h5-7,10-11,16H,3-4,8-9,15H2,1-2H3. The molecule has 6 heteroatoms. The zero-order chi connectivity index (χ0) is 14.7. The van der Waals surface area contributed by atoms with E-state index in [2.05, 4.69) is 24.2 Å². The lowest BCUT2D eigenvalue weighted by Crippen LogP contribution is -2.40. The Balaban J connectivity index is 2.22. The Labute approximate surface area is 119 Å². The summed E-state index contributed by atoms with van der Waals surface area (Å²) in [6.07, 6.45) is 2.41. The fraction of sp³-hybridized carbons (Fsp3) is 0.571. The zero-order valence-corrected chi connectivity index (χ0v) is 12.0. The van der Waals surface area contributed by atoms with Crippen molar-refractivity contribution in [2.75, 3.05) is 12.0 Å². The highest BCUT2D eigenvalue weighted by atomic mass is 16.6. The van der Waals surface area contributed by atoms with Crippen LogP contribution in [0.25, 0.3) is 0 Å². The minimum atomic E-state index is -0.369. The summed E-state index contributed by atoms with van der Waals surface area (Å²) in [6, 6.07) is 5.25. The highest BCUT2D eigenvalue weighted by molar-refractivity contribution is 5.55. The van der Waals surface area contributed by atoms with Crippen molar-refractivity contribution >= 4 is 11.4 Å². The number of likely N-dealkylation sites (tertiary alicyclic amines) is 1. The number of hydrogen-bond donors (Lipinski definition) is 2. The molecule has 2 rings (SSSR count). The lowest BCUT2D eigenvalue weighted by atomic mass is 9.94. The summed E-state index contributed by atoms with van der Waals surface area (Å²) in [5, 5.41) is 10.9. The van der Waals surface area contributed by atoms with Crippen LogP contribution in [-0.4, -0.2) is 22.4 Å². The van der Waals surface area contributed by atoms with Gasteiger partial charge in [-0.3, -0.25) is 20.9 Å². The first kappa shape index (κ1) is 14.7. The van der Waals surface area contributed by atoms with Gasteiger partial charge in [0.2, 0.25) is 0 Å². The SMILES string of the molecule is CC1CCC(C)N(Cc2cc([N+](=O)[O-])ccc2NN)C1. The first-order valence-corrected chi connectivity index (χ1v) is 6.99. The van der Waals surface area contributed by atoms with Gasteiger partial charge < -0.3 is 5.43 Å². The van der Waals surface area contributed by atoms with Gasteiger partial charge in [-0.15, -0.1) is 0 Å². The lowest BCUT2D eigenvalue weighted by molar-refractivity contribution is -0.384. The minimum Gasteiger partial charge on any atom is -0.324 e. The number of non-ortho nitro benzene ring substituents is 1. The Hall–Kier alpha value is -1.66. The number of nitrogens with one attached hydrogen (secondary N) is 1. The van der Waals surface area contributed by atoms with E-state index < -0.39 is 0 Å². The summed E-state index contributed by atoms with van der Waals surface area (Å²) in [7, 11) is 0. The largest absolute Gasteiger partial charge is 0.324 e. The maximum absolute atomic E-state index is 10.9. The van der Waals surface area contributed by atoms with E-state index in [-0.39, 0.29) is 10.6 Å². The molecule has 0 spiro atoms. The molecule has 2 unspecified atom stereocenters. The molecule has 2 atom stereocenters. The van der Waals surface area contributed by atoms with Crippen LogP contribution in [0.1, 0.15) is 32.3 Å². The predicted molar refractivity (Wildman–Crippen MR) is 79.2 cm³/mol. The average Bonchev–Trinajstić information content (AvgIpc) is 2.42. The highest BCUT2D eigenvalue weighted by Gasteiger charge is 2.24. The molecule has 1 aromatic rings. The molecule has 1 aliphatic rings. The smallest absolute Gasteiger partial charge is 0.269 e. The van der Waals surface area contributed by atoms with E-state index in [1.165, 1.54) is 18.9 Å². The molecule has 0 amide bonds. The number of benzene rings is 1. The van der Waals surface area contributed by atoms with Gasteiger partial charge in [0.15, 0.2) is 0 Å². The molecule has 0 bridgehead atoms. The van der Waals surface area contributed by atoms with Crippen LogP contribution in [0.15, 0.2) is 18.2 Å². The number of piperidine rings is 1. The van der Waals surface area contributed by atoms with Gasteiger partial charge in [-0.1, -0.05) is 6.92 Å². The van der Waals surface area contributed by atoms with Crippen LogP contribution in [-0.2, 0) is 6.54 Å². The van der Waals surface area contributed by atoms with Gasteiger partial charge in [-0.25, -0.2) is 0 Å². The number of hydrazine groups is 1. The molecule has 1 aliphatic heterocycles. The second-order valence-corrected chi connectivity index (χ2v) is 5.70. The van der Waals surface area contributed by atoms with Gasteiger partial charge in [-0.05, 0) is 37.3 Å². The summed E-state index contributed by atoms with van der Waals surface area (Å²) in [5.74, 6) is 6.17. The van der Waals surface area contributed by atoms with Crippen molar-refractivity contribution in [3.63, 3.8) is 0 Å². The van der Waals surface area contributed by atoms with Gasteiger partial charge in [-0.2, -0.15) is 0 Å². The van der Waals surface area contributed by atoms with Crippen molar-refractivity contribution in [3.05, 3.63) is 33.9 Å². The summed E-state index contributed by atoms with van der Waals surface area (Å²) in [5.41, 5.74) is 4.36. The number of nitrogens with zero attached hydrogens (tertiary/aromatic N) is 2. The second kappa shape index (κ2) is 6.19. The maximum atomic E-state index is 10.9. The fourth-order valence-corrected chi connectivity index (χ4v) is 2.78. The molecule has 1 heterocycles.